The third kappa shape index (κ3) is 6.64. The first-order valence-corrected chi connectivity index (χ1v) is 9.68. The molecule has 0 saturated carbocycles. The molecule has 0 aliphatic carbocycles. The van der Waals surface area contributed by atoms with Gasteiger partial charge in [0.25, 0.3) is 0 Å². The average Bonchev–Trinajstić information content (AvgIpc) is 2.58. The maximum atomic E-state index is 12.1. The highest BCUT2D eigenvalue weighted by Gasteiger charge is 2.25. The Balaban J connectivity index is 1.85. The number of carbonyl (C=O) groups excluding carboxylic acids is 2. The zero-order valence-electron chi connectivity index (χ0n) is 15.9. The van der Waals surface area contributed by atoms with Gasteiger partial charge in [-0.3, -0.25) is 4.79 Å². The lowest BCUT2D eigenvalue weighted by molar-refractivity contribution is -0.109. The minimum Gasteiger partial charge on any atom is -0.444 e. The van der Waals surface area contributed by atoms with E-state index in [-0.39, 0.29) is 11.2 Å². The Morgan fingerprint density at radius 1 is 1.12 bits per heavy atom. The lowest BCUT2D eigenvalue weighted by Gasteiger charge is -2.36. The Bertz CT molecular complexity index is 690. The molecular weight excluding hydrogens is 348 g/mol. The number of amides is 1. The smallest absolute Gasteiger partial charge is 0.410 e. The standard InChI is InChI=1S/C20H26N2O3S/c1-16(23)26-15-5-6-17-7-9-18(10-8-17)21-11-13-22(14-12-21)19(24)25-20(2,3)4/h7-10H,11-15H2,1-4H3. The molecular formula is C20H26N2O3S. The summed E-state index contributed by atoms with van der Waals surface area (Å²) in [6.07, 6.45) is -0.244. The monoisotopic (exact) mass is 374 g/mol. The Hall–Kier alpha value is -2.13. The van der Waals surface area contributed by atoms with Crippen molar-refractivity contribution in [1.82, 2.24) is 4.90 Å². The van der Waals surface area contributed by atoms with E-state index < -0.39 is 5.60 Å². The molecule has 0 radical (unpaired) electrons. The molecule has 140 valence electrons. The molecule has 1 aromatic carbocycles. The highest BCUT2D eigenvalue weighted by molar-refractivity contribution is 8.13. The fourth-order valence-corrected chi connectivity index (χ4v) is 2.85. The zero-order valence-corrected chi connectivity index (χ0v) is 16.7. The van der Waals surface area contributed by atoms with Crippen LogP contribution in [0.1, 0.15) is 33.3 Å². The van der Waals surface area contributed by atoms with Gasteiger partial charge in [-0.05, 0) is 45.0 Å². The summed E-state index contributed by atoms with van der Waals surface area (Å²) in [4.78, 5) is 27.0. The van der Waals surface area contributed by atoms with Crippen LogP contribution < -0.4 is 4.90 Å². The molecule has 1 saturated heterocycles. The van der Waals surface area contributed by atoms with Crippen molar-refractivity contribution in [3.8, 4) is 11.8 Å². The van der Waals surface area contributed by atoms with Crippen LogP contribution in [0.25, 0.3) is 0 Å². The van der Waals surface area contributed by atoms with Gasteiger partial charge in [0.05, 0.1) is 5.75 Å². The summed E-state index contributed by atoms with van der Waals surface area (Å²) < 4.78 is 5.43. The SMILES string of the molecule is CC(=O)SCC#Cc1ccc(N2CCN(C(=O)OC(C)(C)C)CC2)cc1. The first-order valence-electron chi connectivity index (χ1n) is 8.70. The predicted molar refractivity (Wildman–Crippen MR) is 106 cm³/mol. The van der Waals surface area contributed by atoms with Crippen LogP contribution in [0.4, 0.5) is 10.5 Å². The number of rotatable bonds is 2. The van der Waals surface area contributed by atoms with Gasteiger partial charge in [0.1, 0.15) is 5.60 Å². The van der Waals surface area contributed by atoms with E-state index in [0.717, 1.165) is 24.3 Å². The van der Waals surface area contributed by atoms with Crippen LogP contribution in [-0.4, -0.2) is 53.6 Å². The number of thioether (sulfide) groups is 1. The second-order valence-corrected chi connectivity index (χ2v) is 8.24. The molecule has 1 aromatic rings. The van der Waals surface area contributed by atoms with Gasteiger partial charge in [-0.2, -0.15) is 0 Å². The van der Waals surface area contributed by atoms with Gasteiger partial charge in [0.15, 0.2) is 5.12 Å². The van der Waals surface area contributed by atoms with Crippen LogP contribution in [0.5, 0.6) is 0 Å². The third-order valence-electron chi connectivity index (χ3n) is 3.74. The van der Waals surface area contributed by atoms with E-state index in [1.807, 2.05) is 45.0 Å². The van der Waals surface area contributed by atoms with Crippen molar-refractivity contribution in [2.75, 3.05) is 36.8 Å². The van der Waals surface area contributed by atoms with Gasteiger partial charge in [-0.15, -0.1) is 0 Å². The molecule has 2 rings (SSSR count). The van der Waals surface area contributed by atoms with Crippen molar-refractivity contribution >= 4 is 28.7 Å². The summed E-state index contributed by atoms with van der Waals surface area (Å²) in [6.45, 7) is 10.0. The summed E-state index contributed by atoms with van der Waals surface area (Å²) in [7, 11) is 0. The quantitative estimate of drug-likeness (QED) is 0.743. The first-order chi connectivity index (χ1) is 12.2. The highest BCUT2D eigenvalue weighted by atomic mass is 32.2. The second-order valence-electron chi connectivity index (χ2n) is 7.08. The number of carbonyl (C=O) groups is 2. The maximum absolute atomic E-state index is 12.1. The van der Waals surface area contributed by atoms with E-state index in [2.05, 4.69) is 16.7 Å². The minimum atomic E-state index is -0.464. The average molecular weight is 375 g/mol. The van der Waals surface area contributed by atoms with Crippen LogP contribution in [0.15, 0.2) is 24.3 Å². The summed E-state index contributed by atoms with van der Waals surface area (Å²) in [6, 6.07) is 8.07. The predicted octanol–water partition coefficient (Wildman–Crippen LogP) is 3.37. The molecule has 5 nitrogen and oxygen atoms in total. The molecule has 0 spiro atoms. The molecule has 0 unspecified atom stereocenters. The van der Waals surface area contributed by atoms with Crippen LogP contribution in [0, 0.1) is 11.8 Å². The van der Waals surface area contributed by atoms with E-state index in [1.165, 1.54) is 11.8 Å². The lowest BCUT2D eigenvalue weighted by Crippen LogP contribution is -2.50. The van der Waals surface area contributed by atoms with E-state index in [1.54, 1.807) is 11.8 Å². The Kier molecular flexibility index (Phi) is 6.98. The third-order valence-corrected chi connectivity index (χ3v) is 4.44. The molecule has 0 N–H and O–H groups in total. The van der Waals surface area contributed by atoms with Crippen molar-refractivity contribution in [1.29, 1.82) is 0 Å². The number of nitrogens with zero attached hydrogens (tertiary/aromatic N) is 2. The van der Waals surface area contributed by atoms with Crippen LogP contribution in [-0.2, 0) is 9.53 Å². The minimum absolute atomic E-state index is 0.0835. The Morgan fingerprint density at radius 2 is 1.73 bits per heavy atom. The number of benzene rings is 1. The van der Waals surface area contributed by atoms with E-state index in [0.29, 0.717) is 18.8 Å². The molecule has 0 aromatic heterocycles. The van der Waals surface area contributed by atoms with Gasteiger partial charge in [-0.1, -0.05) is 23.6 Å². The van der Waals surface area contributed by atoms with Crippen molar-refractivity contribution in [2.24, 2.45) is 0 Å². The molecule has 0 bridgehead atoms. The molecule has 1 heterocycles. The molecule has 26 heavy (non-hydrogen) atoms. The number of hydrogen-bond acceptors (Lipinski definition) is 5. The normalized spacial score (nSPS) is 14.5. The van der Waals surface area contributed by atoms with E-state index in [9.17, 15) is 9.59 Å². The van der Waals surface area contributed by atoms with Crippen LogP contribution in [0.2, 0.25) is 0 Å². The van der Waals surface area contributed by atoms with Crippen molar-refractivity contribution in [3.05, 3.63) is 29.8 Å². The Labute approximate surface area is 160 Å². The fraction of sp³-hybridized carbons (Fsp3) is 0.500. The number of ether oxygens (including phenoxy) is 1. The van der Waals surface area contributed by atoms with E-state index >= 15 is 0 Å². The van der Waals surface area contributed by atoms with E-state index in [4.69, 9.17) is 4.74 Å². The van der Waals surface area contributed by atoms with Crippen LogP contribution >= 0.6 is 11.8 Å². The molecule has 1 aliphatic rings. The first kappa shape index (κ1) is 20.2. The van der Waals surface area contributed by atoms with Crippen LogP contribution in [0.3, 0.4) is 0 Å². The number of hydrogen-bond donors (Lipinski definition) is 0. The highest BCUT2D eigenvalue weighted by Crippen LogP contribution is 2.18. The zero-order chi connectivity index (χ0) is 19.2. The molecule has 1 amide bonds. The van der Waals surface area contributed by atoms with Gasteiger partial charge >= 0.3 is 6.09 Å². The van der Waals surface area contributed by atoms with Gasteiger partial charge in [0.2, 0.25) is 0 Å². The summed E-state index contributed by atoms with van der Waals surface area (Å²) in [5.41, 5.74) is 1.59. The molecule has 6 heteroatoms. The largest absolute Gasteiger partial charge is 0.444 e. The summed E-state index contributed by atoms with van der Waals surface area (Å²) in [5, 5.41) is 0.0835. The summed E-state index contributed by atoms with van der Waals surface area (Å²) >= 11 is 1.22. The lowest BCUT2D eigenvalue weighted by atomic mass is 10.2. The number of anilines is 1. The fourth-order valence-electron chi connectivity index (χ4n) is 2.51. The number of piperazine rings is 1. The second kappa shape index (κ2) is 9.00. The Morgan fingerprint density at radius 3 is 2.27 bits per heavy atom. The molecule has 1 fully saturated rings. The molecule has 0 atom stereocenters. The van der Waals surface area contributed by atoms with Crippen molar-refractivity contribution in [3.63, 3.8) is 0 Å². The van der Waals surface area contributed by atoms with Gasteiger partial charge < -0.3 is 14.5 Å². The van der Waals surface area contributed by atoms with Gasteiger partial charge in [-0.25, -0.2) is 4.79 Å². The van der Waals surface area contributed by atoms with Crippen molar-refractivity contribution in [2.45, 2.75) is 33.3 Å². The van der Waals surface area contributed by atoms with Crippen molar-refractivity contribution < 1.29 is 14.3 Å². The molecule has 1 aliphatic heterocycles. The summed E-state index contributed by atoms with van der Waals surface area (Å²) in [5.74, 6) is 6.57. The topological polar surface area (TPSA) is 49.9 Å². The maximum Gasteiger partial charge on any atom is 0.410 e. The van der Waals surface area contributed by atoms with Gasteiger partial charge in [0, 0.05) is 44.4 Å².